The molecule has 2 aromatic rings. The van der Waals surface area contributed by atoms with E-state index in [1.165, 1.54) is 15.2 Å². The van der Waals surface area contributed by atoms with Gasteiger partial charge >= 0.3 is 0 Å². The van der Waals surface area contributed by atoms with E-state index in [-0.39, 0.29) is 30.4 Å². The van der Waals surface area contributed by atoms with Crippen molar-refractivity contribution in [3.8, 4) is 0 Å². The predicted molar refractivity (Wildman–Crippen MR) is 93.2 cm³/mol. The summed E-state index contributed by atoms with van der Waals surface area (Å²) >= 11 is 3.29. The topological polar surface area (TPSA) is 93.3 Å². The molecule has 0 N–H and O–H groups in total. The summed E-state index contributed by atoms with van der Waals surface area (Å²) in [6, 6.07) is 0. The molecule has 1 aliphatic heterocycles. The highest BCUT2D eigenvalue weighted by atomic mass is 79.9. The van der Waals surface area contributed by atoms with E-state index in [0.717, 1.165) is 4.47 Å². The summed E-state index contributed by atoms with van der Waals surface area (Å²) in [6.07, 6.45) is 4.72. The maximum atomic E-state index is 12.7. The molecule has 136 valence electrons. The van der Waals surface area contributed by atoms with Gasteiger partial charge in [0.1, 0.15) is 11.4 Å². The Kier molecular flexibility index (Phi) is 4.98. The molecule has 1 fully saturated rings. The van der Waals surface area contributed by atoms with Crippen molar-refractivity contribution in [3.05, 3.63) is 28.8 Å². The molecule has 3 rings (SSSR count). The molecule has 0 aromatic carbocycles. The van der Waals surface area contributed by atoms with E-state index in [2.05, 4.69) is 26.1 Å². The number of carbonyl (C=O) groups excluding carboxylic acids is 1. The minimum atomic E-state index is -3.59. The number of aryl methyl sites for hydroxylation is 1. The maximum absolute atomic E-state index is 12.7. The number of aromatic nitrogens is 4. The highest BCUT2D eigenvalue weighted by Crippen LogP contribution is 2.20. The van der Waals surface area contributed by atoms with Gasteiger partial charge in [-0.2, -0.15) is 14.5 Å². The second kappa shape index (κ2) is 6.89. The number of carbonyl (C=O) groups is 1. The number of halogens is 1. The summed E-state index contributed by atoms with van der Waals surface area (Å²) in [7, 11) is -1.88. The Balaban J connectivity index is 1.63. The fourth-order valence-electron chi connectivity index (χ4n) is 2.71. The summed E-state index contributed by atoms with van der Waals surface area (Å²) in [5, 5.41) is 8.07. The van der Waals surface area contributed by atoms with Crippen molar-refractivity contribution >= 4 is 31.9 Å². The Morgan fingerprint density at radius 3 is 2.40 bits per heavy atom. The van der Waals surface area contributed by atoms with Crippen LogP contribution in [-0.2, 0) is 28.4 Å². The average Bonchev–Trinajstić information content (AvgIpc) is 3.14. The number of nitrogens with zero attached hydrogens (tertiary/aromatic N) is 6. The van der Waals surface area contributed by atoms with Crippen LogP contribution in [0.1, 0.15) is 5.69 Å². The first-order chi connectivity index (χ1) is 11.8. The van der Waals surface area contributed by atoms with Crippen LogP contribution in [0.5, 0.6) is 0 Å². The van der Waals surface area contributed by atoms with Crippen molar-refractivity contribution < 1.29 is 13.2 Å². The molecule has 25 heavy (non-hydrogen) atoms. The number of hydrogen-bond donors (Lipinski definition) is 0. The molecule has 11 heteroatoms. The smallest absolute Gasteiger partial charge is 0.246 e. The lowest BCUT2D eigenvalue weighted by atomic mass is 10.3. The molecule has 0 bridgehead atoms. The minimum absolute atomic E-state index is 0.0785. The van der Waals surface area contributed by atoms with E-state index in [4.69, 9.17) is 0 Å². The van der Waals surface area contributed by atoms with Crippen LogP contribution < -0.4 is 0 Å². The molecular weight excluding hydrogens is 412 g/mol. The third-order valence-electron chi connectivity index (χ3n) is 4.30. The average molecular weight is 431 g/mol. The van der Waals surface area contributed by atoms with Gasteiger partial charge in [0.15, 0.2) is 0 Å². The molecule has 9 nitrogen and oxygen atoms in total. The van der Waals surface area contributed by atoms with Gasteiger partial charge < -0.3 is 4.90 Å². The van der Waals surface area contributed by atoms with E-state index < -0.39 is 10.0 Å². The Labute approximate surface area is 154 Å². The first kappa shape index (κ1) is 18.1. The monoisotopic (exact) mass is 430 g/mol. The molecular formula is C14H19BrN6O3S. The Morgan fingerprint density at radius 2 is 1.88 bits per heavy atom. The zero-order valence-corrected chi connectivity index (χ0v) is 16.4. The normalized spacial score (nSPS) is 16.4. The van der Waals surface area contributed by atoms with Gasteiger partial charge in [-0.3, -0.25) is 14.2 Å². The molecule has 0 atom stereocenters. The SMILES string of the molecule is Cc1c(S(=O)(=O)N2CCN(C(=O)Cn3cc(Br)cn3)CC2)cnn1C. The lowest BCUT2D eigenvalue weighted by molar-refractivity contribution is -0.133. The van der Waals surface area contributed by atoms with Crippen molar-refractivity contribution in [2.75, 3.05) is 26.2 Å². The lowest BCUT2D eigenvalue weighted by Gasteiger charge is -2.33. The summed E-state index contributed by atoms with van der Waals surface area (Å²) in [4.78, 5) is 14.2. The van der Waals surface area contributed by atoms with E-state index in [0.29, 0.717) is 18.8 Å². The van der Waals surface area contributed by atoms with E-state index in [9.17, 15) is 13.2 Å². The fourth-order valence-corrected chi connectivity index (χ4v) is 4.65. The number of rotatable bonds is 4. The zero-order valence-electron chi connectivity index (χ0n) is 14.0. The van der Waals surface area contributed by atoms with Crippen LogP contribution in [-0.4, -0.2) is 69.3 Å². The molecule has 1 aliphatic rings. The molecule has 0 unspecified atom stereocenters. The standard InChI is InChI=1S/C14H19BrN6O3S/c1-11-13(8-16-18(11)2)25(23,24)21-5-3-19(4-6-21)14(22)10-20-9-12(15)7-17-20/h7-9H,3-6,10H2,1-2H3. The van der Waals surface area contributed by atoms with Gasteiger partial charge in [0.2, 0.25) is 15.9 Å². The molecule has 0 spiro atoms. The van der Waals surface area contributed by atoms with E-state index >= 15 is 0 Å². The van der Waals surface area contributed by atoms with Crippen LogP contribution in [0.2, 0.25) is 0 Å². The Morgan fingerprint density at radius 1 is 1.20 bits per heavy atom. The molecule has 1 amide bonds. The number of amides is 1. The first-order valence-corrected chi connectivity index (χ1v) is 9.97. The van der Waals surface area contributed by atoms with Crippen LogP contribution >= 0.6 is 15.9 Å². The van der Waals surface area contributed by atoms with Crippen molar-refractivity contribution in [2.24, 2.45) is 7.05 Å². The first-order valence-electron chi connectivity index (χ1n) is 7.73. The van der Waals surface area contributed by atoms with E-state index in [1.807, 2.05) is 0 Å². The van der Waals surface area contributed by atoms with Crippen molar-refractivity contribution in [2.45, 2.75) is 18.4 Å². The highest BCUT2D eigenvalue weighted by molar-refractivity contribution is 9.10. The molecule has 2 aromatic heterocycles. The molecule has 0 saturated carbocycles. The number of hydrogen-bond acceptors (Lipinski definition) is 5. The van der Waals surface area contributed by atoms with Crippen LogP contribution in [0.3, 0.4) is 0 Å². The summed E-state index contributed by atoms with van der Waals surface area (Å²) in [5.74, 6) is -0.0785. The quantitative estimate of drug-likeness (QED) is 0.691. The Hall–Kier alpha value is -1.72. The van der Waals surface area contributed by atoms with Crippen molar-refractivity contribution in [3.63, 3.8) is 0 Å². The molecule has 3 heterocycles. The van der Waals surface area contributed by atoms with E-state index in [1.54, 1.807) is 35.9 Å². The predicted octanol–water partition coefficient (Wildman–Crippen LogP) is 0.221. The van der Waals surface area contributed by atoms with Gasteiger partial charge in [0.05, 0.1) is 22.6 Å². The summed E-state index contributed by atoms with van der Waals surface area (Å²) in [5.41, 5.74) is 0.600. The molecule has 0 radical (unpaired) electrons. The van der Waals surface area contributed by atoms with Gasteiger partial charge in [-0.1, -0.05) is 0 Å². The fraction of sp³-hybridized carbons (Fsp3) is 0.500. The largest absolute Gasteiger partial charge is 0.338 e. The van der Waals surface area contributed by atoms with Crippen LogP contribution in [0.15, 0.2) is 28.0 Å². The van der Waals surface area contributed by atoms with Gasteiger partial charge in [-0.05, 0) is 22.9 Å². The second-order valence-corrected chi connectivity index (χ2v) is 8.68. The van der Waals surface area contributed by atoms with Gasteiger partial charge in [-0.25, -0.2) is 8.42 Å². The van der Waals surface area contributed by atoms with Gasteiger partial charge in [-0.15, -0.1) is 0 Å². The number of sulfonamides is 1. The second-order valence-electron chi connectivity index (χ2n) is 5.86. The maximum Gasteiger partial charge on any atom is 0.246 e. The zero-order chi connectivity index (χ0) is 18.2. The third-order valence-corrected chi connectivity index (χ3v) is 6.71. The van der Waals surface area contributed by atoms with Crippen molar-refractivity contribution in [1.82, 2.24) is 28.8 Å². The van der Waals surface area contributed by atoms with Crippen LogP contribution in [0, 0.1) is 6.92 Å². The number of piperazine rings is 1. The third kappa shape index (κ3) is 3.62. The van der Waals surface area contributed by atoms with Crippen LogP contribution in [0.4, 0.5) is 0 Å². The summed E-state index contributed by atoms with van der Waals surface area (Å²) < 4.78 is 30.8. The molecule has 0 aliphatic carbocycles. The van der Waals surface area contributed by atoms with Gasteiger partial charge in [0.25, 0.3) is 0 Å². The molecule has 1 saturated heterocycles. The lowest BCUT2D eigenvalue weighted by Crippen LogP contribution is -2.51. The summed E-state index contributed by atoms with van der Waals surface area (Å²) in [6.45, 7) is 3.12. The van der Waals surface area contributed by atoms with Crippen LogP contribution in [0.25, 0.3) is 0 Å². The Bertz CT molecular complexity index is 882. The highest BCUT2D eigenvalue weighted by Gasteiger charge is 2.32. The van der Waals surface area contributed by atoms with Crippen molar-refractivity contribution in [1.29, 1.82) is 0 Å². The van der Waals surface area contributed by atoms with Gasteiger partial charge in [0, 0.05) is 39.4 Å². The minimum Gasteiger partial charge on any atom is -0.338 e.